The second-order valence-electron chi connectivity index (χ2n) is 3.66. The van der Waals surface area contributed by atoms with Gasteiger partial charge in [0.2, 0.25) is 0 Å². The molecule has 0 aliphatic heterocycles. The van der Waals surface area contributed by atoms with Gasteiger partial charge in [-0.2, -0.15) is 0 Å². The Kier molecular flexibility index (Phi) is 4.87. The van der Waals surface area contributed by atoms with Crippen LogP contribution in [0.15, 0.2) is 23.1 Å². The van der Waals surface area contributed by atoms with Crippen LogP contribution in [0, 0.1) is 6.92 Å². The van der Waals surface area contributed by atoms with Crippen molar-refractivity contribution in [3.8, 4) is 0 Å². The fourth-order valence-electron chi connectivity index (χ4n) is 1.64. The predicted molar refractivity (Wildman–Crippen MR) is 70.2 cm³/mol. The number of rotatable bonds is 4. The van der Waals surface area contributed by atoms with E-state index in [9.17, 15) is 4.79 Å². The van der Waals surface area contributed by atoms with Crippen LogP contribution in [0.4, 0.5) is 0 Å². The first-order valence-corrected chi connectivity index (χ1v) is 6.80. The Balaban J connectivity index is 3.06. The molecule has 88 valence electrons. The van der Waals surface area contributed by atoms with E-state index in [4.69, 9.17) is 0 Å². The van der Waals surface area contributed by atoms with Crippen molar-refractivity contribution in [3.63, 3.8) is 0 Å². The lowest BCUT2D eigenvalue weighted by molar-refractivity contribution is 0.0772. The first-order chi connectivity index (χ1) is 7.63. The number of hydrogen-bond donors (Lipinski definition) is 0. The summed E-state index contributed by atoms with van der Waals surface area (Å²) in [4.78, 5) is 15.2. The van der Waals surface area contributed by atoms with Crippen LogP contribution in [0.3, 0.4) is 0 Å². The highest BCUT2D eigenvalue weighted by Crippen LogP contribution is 2.20. The number of carbonyl (C=O) groups excluding carboxylic acids is 1. The van der Waals surface area contributed by atoms with Crippen molar-refractivity contribution in [2.24, 2.45) is 0 Å². The zero-order chi connectivity index (χ0) is 12.1. The molecule has 0 unspecified atom stereocenters. The van der Waals surface area contributed by atoms with Crippen LogP contribution < -0.4 is 0 Å². The summed E-state index contributed by atoms with van der Waals surface area (Å²) in [7, 11) is 0. The summed E-state index contributed by atoms with van der Waals surface area (Å²) < 4.78 is 0. The molecule has 0 fully saturated rings. The summed E-state index contributed by atoms with van der Waals surface area (Å²) in [5, 5.41) is 0. The normalized spacial score (nSPS) is 10.2. The molecule has 2 nitrogen and oxygen atoms in total. The van der Waals surface area contributed by atoms with Gasteiger partial charge in [-0.3, -0.25) is 4.79 Å². The zero-order valence-electron chi connectivity index (χ0n) is 10.4. The highest BCUT2D eigenvalue weighted by Gasteiger charge is 2.14. The second kappa shape index (κ2) is 5.94. The third-order valence-electron chi connectivity index (χ3n) is 2.73. The molecular formula is C13H19NOS. The van der Waals surface area contributed by atoms with E-state index in [2.05, 4.69) is 6.07 Å². The Labute approximate surface area is 102 Å². The van der Waals surface area contributed by atoms with Crippen molar-refractivity contribution in [2.45, 2.75) is 25.7 Å². The summed E-state index contributed by atoms with van der Waals surface area (Å²) in [6.45, 7) is 7.53. The molecule has 0 bridgehead atoms. The van der Waals surface area contributed by atoms with Gasteiger partial charge in [0.1, 0.15) is 0 Å². The smallest absolute Gasteiger partial charge is 0.254 e. The molecule has 1 aromatic rings. The van der Waals surface area contributed by atoms with E-state index >= 15 is 0 Å². The van der Waals surface area contributed by atoms with Crippen LogP contribution in [0.25, 0.3) is 0 Å². The fourth-order valence-corrected chi connectivity index (χ4v) is 2.08. The average molecular weight is 237 g/mol. The van der Waals surface area contributed by atoms with Gasteiger partial charge in [0.25, 0.3) is 5.91 Å². The molecule has 0 spiro atoms. The Morgan fingerprint density at radius 1 is 1.31 bits per heavy atom. The maximum absolute atomic E-state index is 12.2. The second-order valence-corrected chi connectivity index (χ2v) is 4.54. The van der Waals surface area contributed by atoms with Gasteiger partial charge in [0, 0.05) is 23.5 Å². The molecule has 0 radical (unpaired) electrons. The molecule has 0 N–H and O–H groups in total. The van der Waals surface area contributed by atoms with E-state index in [0.29, 0.717) is 0 Å². The van der Waals surface area contributed by atoms with Crippen molar-refractivity contribution in [1.29, 1.82) is 0 Å². The van der Waals surface area contributed by atoms with E-state index in [1.807, 2.05) is 44.1 Å². The largest absolute Gasteiger partial charge is 0.339 e. The molecule has 3 heteroatoms. The Morgan fingerprint density at radius 2 is 1.94 bits per heavy atom. The molecule has 0 saturated carbocycles. The zero-order valence-corrected chi connectivity index (χ0v) is 11.2. The molecular weight excluding hydrogens is 218 g/mol. The van der Waals surface area contributed by atoms with Gasteiger partial charge >= 0.3 is 0 Å². The van der Waals surface area contributed by atoms with Gasteiger partial charge in [0.05, 0.1) is 0 Å². The standard InChI is InChI=1S/C13H19NOS/c1-5-14(6-2)13(15)12-9-11(16-4)8-7-10(12)3/h7-9H,5-6H2,1-4H3. The van der Waals surface area contributed by atoms with E-state index in [1.165, 1.54) is 0 Å². The van der Waals surface area contributed by atoms with Gasteiger partial charge in [-0.1, -0.05) is 6.07 Å². The summed E-state index contributed by atoms with van der Waals surface area (Å²) in [5.74, 6) is 0.137. The molecule has 1 rings (SSSR count). The summed E-state index contributed by atoms with van der Waals surface area (Å²) in [5.41, 5.74) is 1.88. The quantitative estimate of drug-likeness (QED) is 0.750. The molecule has 1 amide bonds. The van der Waals surface area contributed by atoms with E-state index < -0.39 is 0 Å². The monoisotopic (exact) mass is 237 g/mol. The lowest BCUT2D eigenvalue weighted by atomic mass is 10.1. The summed E-state index contributed by atoms with van der Waals surface area (Å²) in [6.07, 6.45) is 2.02. The molecule has 0 saturated heterocycles. The van der Waals surface area contributed by atoms with Crippen LogP contribution >= 0.6 is 11.8 Å². The maximum Gasteiger partial charge on any atom is 0.254 e. The van der Waals surface area contributed by atoms with E-state index in [0.717, 1.165) is 29.1 Å². The third-order valence-corrected chi connectivity index (χ3v) is 3.45. The molecule has 0 heterocycles. The van der Waals surface area contributed by atoms with Crippen LogP contribution in [0.5, 0.6) is 0 Å². The molecule has 0 aromatic heterocycles. The first-order valence-electron chi connectivity index (χ1n) is 5.57. The first kappa shape index (κ1) is 13.1. The van der Waals surface area contributed by atoms with Crippen molar-refractivity contribution in [2.75, 3.05) is 19.3 Å². The topological polar surface area (TPSA) is 20.3 Å². The minimum absolute atomic E-state index is 0.137. The molecule has 16 heavy (non-hydrogen) atoms. The van der Waals surface area contributed by atoms with Crippen LogP contribution in [-0.4, -0.2) is 30.2 Å². The number of carbonyl (C=O) groups is 1. The lowest BCUT2D eigenvalue weighted by Crippen LogP contribution is -2.31. The molecule has 0 atom stereocenters. The average Bonchev–Trinajstić information content (AvgIpc) is 2.31. The van der Waals surface area contributed by atoms with Gasteiger partial charge in [-0.05, 0) is 44.7 Å². The van der Waals surface area contributed by atoms with Crippen LogP contribution in [0.2, 0.25) is 0 Å². The minimum atomic E-state index is 0.137. The molecule has 1 aromatic carbocycles. The number of hydrogen-bond acceptors (Lipinski definition) is 2. The lowest BCUT2D eigenvalue weighted by Gasteiger charge is -2.20. The van der Waals surface area contributed by atoms with Crippen molar-refractivity contribution in [3.05, 3.63) is 29.3 Å². The number of thioether (sulfide) groups is 1. The van der Waals surface area contributed by atoms with Crippen molar-refractivity contribution in [1.82, 2.24) is 4.90 Å². The van der Waals surface area contributed by atoms with Crippen molar-refractivity contribution >= 4 is 17.7 Å². The highest BCUT2D eigenvalue weighted by molar-refractivity contribution is 7.98. The minimum Gasteiger partial charge on any atom is -0.339 e. The Hall–Kier alpha value is -0.960. The van der Waals surface area contributed by atoms with Crippen LogP contribution in [-0.2, 0) is 0 Å². The van der Waals surface area contributed by atoms with Gasteiger partial charge in [0.15, 0.2) is 0 Å². The van der Waals surface area contributed by atoms with Crippen LogP contribution in [0.1, 0.15) is 29.8 Å². The Bertz CT molecular complexity index is 372. The van der Waals surface area contributed by atoms with Gasteiger partial charge in [-0.25, -0.2) is 0 Å². The third kappa shape index (κ3) is 2.79. The maximum atomic E-state index is 12.2. The predicted octanol–water partition coefficient (Wildman–Crippen LogP) is 3.20. The van der Waals surface area contributed by atoms with Gasteiger partial charge in [-0.15, -0.1) is 11.8 Å². The van der Waals surface area contributed by atoms with E-state index in [1.54, 1.807) is 11.8 Å². The van der Waals surface area contributed by atoms with E-state index in [-0.39, 0.29) is 5.91 Å². The molecule has 0 aliphatic carbocycles. The summed E-state index contributed by atoms with van der Waals surface area (Å²) in [6, 6.07) is 6.06. The van der Waals surface area contributed by atoms with Gasteiger partial charge < -0.3 is 4.90 Å². The highest BCUT2D eigenvalue weighted by atomic mass is 32.2. The number of aryl methyl sites for hydroxylation is 1. The number of benzene rings is 1. The van der Waals surface area contributed by atoms with Crippen molar-refractivity contribution < 1.29 is 4.79 Å². The summed E-state index contributed by atoms with van der Waals surface area (Å²) >= 11 is 1.67. The SMILES string of the molecule is CCN(CC)C(=O)c1cc(SC)ccc1C. The Morgan fingerprint density at radius 3 is 2.44 bits per heavy atom. The number of nitrogens with zero attached hydrogens (tertiary/aromatic N) is 1. The number of amides is 1. The fraction of sp³-hybridized carbons (Fsp3) is 0.462. The molecule has 0 aliphatic rings.